The van der Waals surface area contributed by atoms with Crippen LogP contribution in [0.25, 0.3) is 11.1 Å². The second-order valence-electron chi connectivity index (χ2n) is 9.21. The van der Waals surface area contributed by atoms with Crippen LogP contribution in [0.3, 0.4) is 0 Å². The molecule has 0 aliphatic heterocycles. The van der Waals surface area contributed by atoms with E-state index >= 15 is 0 Å². The minimum atomic E-state index is -1.29. The Labute approximate surface area is 200 Å². The maximum Gasteiger partial charge on any atom is 0.408 e. The molecule has 2 aromatic carbocycles. The molecule has 0 fully saturated rings. The second kappa shape index (κ2) is 10.7. The summed E-state index contributed by atoms with van der Waals surface area (Å²) in [5.41, 5.74) is 3.17. The van der Waals surface area contributed by atoms with Crippen LogP contribution >= 0.6 is 0 Å². The van der Waals surface area contributed by atoms with Crippen LogP contribution in [0.2, 0.25) is 0 Å². The van der Waals surface area contributed by atoms with E-state index < -0.39 is 29.6 Å². The summed E-state index contributed by atoms with van der Waals surface area (Å²) in [6.45, 7) is 7.27. The number of hydrogen-bond acceptors (Lipinski definition) is 4. The molecule has 0 bridgehead atoms. The quantitative estimate of drug-likeness (QED) is 0.471. The van der Waals surface area contributed by atoms with Gasteiger partial charge in [0.15, 0.2) is 0 Å². The van der Waals surface area contributed by atoms with E-state index in [1.165, 1.54) is 0 Å². The molecular weight excluding hydrogens is 432 g/mol. The first-order chi connectivity index (χ1) is 16.2. The Morgan fingerprint density at radius 2 is 1.59 bits per heavy atom. The van der Waals surface area contributed by atoms with Crippen molar-refractivity contribution in [1.82, 2.24) is 10.6 Å². The largest absolute Gasteiger partial charge is 0.480 e. The van der Waals surface area contributed by atoms with Gasteiger partial charge in [-0.2, -0.15) is 0 Å². The van der Waals surface area contributed by atoms with Crippen LogP contribution in [0.5, 0.6) is 0 Å². The van der Waals surface area contributed by atoms with Gasteiger partial charge in [-0.25, -0.2) is 9.59 Å². The highest BCUT2D eigenvalue weighted by molar-refractivity contribution is 5.92. The van der Waals surface area contributed by atoms with Gasteiger partial charge in [-0.05, 0) is 41.5 Å². The topological polar surface area (TPSA) is 105 Å². The van der Waals surface area contributed by atoms with Gasteiger partial charge in [-0.15, -0.1) is 0 Å². The zero-order valence-electron chi connectivity index (χ0n) is 20.3. The van der Waals surface area contributed by atoms with E-state index in [1.807, 2.05) is 50.2 Å². The van der Waals surface area contributed by atoms with Crippen molar-refractivity contribution in [3.63, 3.8) is 0 Å². The lowest BCUT2D eigenvalue weighted by Crippen LogP contribution is -2.60. The molecule has 7 heteroatoms. The van der Waals surface area contributed by atoms with E-state index in [-0.39, 0.29) is 18.4 Å². The summed E-state index contributed by atoms with van der Waals surface area (Å²) < 4.78 is 5.61. The van der Waals surface area contributed by atoms with Crippen LogP contribution in [-0.4, -0.2) is 41.3 Å². The number of carbonyl (C=O) groups excluding carboxylic acids is 2. The number of alkyl carbamates (subject to hydrolysis) is 1. The normalized spacial score (nSPS) is 15.9. The summed E-state index contributed by atoms with van der Waals surface area (Å²) >= 11 is 0. The standard InChI is InChI=1S/C27H34N2O5/c1-5-15-27(4,25(32)28-23(24(30)31)17(3)6-2)29-26(33)34-16-22-20-13-9-7-11-18(20)19-12-8-10-14-21(19)22/h7-14,17,22-23H,5-6,15-16H2,1-4H3,(H,28,32)(H,29,33)(H,30,31). The summed E-state index contributed by atoms with van der Waals surface area (Å²) in [5, 5.41) is 14.9. The van der Waals surface area contributed by atoms with Crippen molar-refractivity contribution < 1.29 is 24.2 Å². The molecule has 0 heterocycles. The summed E-state index contributed by atoms with van der Waals surface area (Å²) in [7, 11) is 0. The van der Waals surface area contributed by atoms with Gasteiger partial charge in [0, 0.05) is 5.92 Å². The molecule has 3 rings (SSSR count). The predicted molar refractivity (Wildman–Crippen MR) is 131 cm³/mol. The number of hydrogen-bond donors (Lipinski definition) is 3. The molecular formula is C27H34N2O5. The van der Waals surface area contributed by atoms with Crippen LogP contribution in [0.4, 0.5) is 4.79 Å². The van der Waals surface area contributed by atoms with Crippen molar-refractivity contribution in [2.75, 3.05) is 6.61 Å². The molecule has 0 aromatic heterocycles. The van der Waals surface area contributed by atoms with Crippen molar-refractivity contribution in [3.05, 3.63) is 59.7 Å². The Hall–Kier alpha value is -3.35. The highest BCUT2D eigenvalue weighted by Gasteiger charge is 2.38. The number of carboxylic acids is 1. The molecule has 3 N–H and O–H groups in total. The first-order valence-electron chi connectivity index (χ1n) is 11.9. The number of aliphatic carboxylic acids is 1. The highest BCUT2D eigenvalue weighted by atomic mass is 16.5. The van der Waals surface area contributed by atoms with E-state index in [2.05, 4.69) is 22.8 Å². The van der Waals surface area contributed by atoms with Crippen LogP contribution in [0.15, 0.2) is 48.5 Å². The van der Waals surface area contributed by atoms with Gasteiger partial charge in [0.1, 0.15) is 18.2 Å². The first kappa shape index (κ1) is 25.3. The van der Waals surface area contributed by atoms with Crippen molar-refractivity contribution in [1.29, 1.82) is 0 Å². The Morgan fingerprint density at radius 3 is 2.09 bits per heavy atom. The van der Waals surface area contributed by atoms with Gasteiger partial charge in [0.25, 0.3) is 0 Å². The molecule has 7 nitrogen and oxygen atoms in total. The number of benzene rings is 2. The van der Waals surface area contributed by atoms with Crippen molar-refractivity contribution in [3.8, 4) is 11.1 Å². The zero-order chi connectivity index (χ0) is 24.9. The van der Waals surface area contributed by atoms with E-state index in [9.17, 15) is 19.5 Å². The number of fused-ring (bicyclic) bond motifs is 3. The molecule has 0 saturated carbocycles. The smallest absolute Gasteiger partial charge is 0.408 e. The van der Waals surface area contributed by atoms with Gasteiger partial charge in [-0.1, -0.05) is 82.1 Å². The average Bonchev–Trinajstić information content (AvgIpc) is 3.14. The summed E-state index contributed by atoms with van der Waals surface area (Å²) in [6.07, 6.45) is 0.856. The van der Waals surface area contributed by atoms with Crippen LogP contribution < -0.4 is 10.6 Å². The number of rotatable bonds is 10. The third-order valence-electron chi connectivity index (χ3n) is 6.74. The molecule has 0 radical (unpaired) electrons. The Bertz CT molecular complexity index is 1010. The molecule has 0 saturated heterocycles. The number of carboxylic acid groups (broad SMARTS) is 1. The molecule has 2 aromatic rings. The molecule has 34 heavy (non-hydrogen) atoms. The first-order valence-corrected chi connectivity index (χ1v) is 11.9. The number of carbonyl (C=O) groups is 3. The van der Waals surface area contributed by atoms with E-state index in [0.717, 1.165) is 22.3 Å². The number of amides is 2. The Morgan fingerprint density at radius 1 is 1.03 bits per heavy atom. The molecule has 3 atom stereocenters. The lowest BCUT2D eigenvalue weighted by atomic mass is 9.92. The van der Waals surface area contributed by atoms with Crippen LogP contribution in [0.1, 0.15) is 64.0 Å². The van der Waals surface area contributed by atoms with E-state index in [0.29, 0.717) is 19.3 Å². The summed E-state index contributed by atoms with van der Waals surface area (Å²) in [5.74, 6) is -1.97. The van der Waals surface area contributed by atoms with Gasteiger partial charge >= 0.3 is 12.1 Å². The molecule has 1 aliphatic rings. The number of ether oxygens (including phenoxy) is 1. The van der Waals surface area contributed by atoms with E-state index in [1.54, 1.807) is 13.8 Å². The maximum atomic E-state index is 13.1. The van der Waals surface area contributed by atoms with Gasteiger partial charge in [-0.3, -0.25) is 4.79 Å². The lowest BCUT2D eigenvalue weighted by molar-refractivity contribution is -0.144. The fourth-order valence-electron chi connectivity index (χ4n) is 4.58. The SMILES string of the molecule is CCCC(C)(NC(=O)OCC1c2ccccc2-c2ccccc21)C(=O)NC(C(=O)O)C(C)CC. The van der Waals surface area contributed by atoms with Crippen molar-refractivity contribution in [2.45, 2.75) is 64.5 Å². The molecule has 182 valence electrons. The summed E-state index contributed by atoms with van der Waals surface area (Å²) in [4.78, 5) is 37.5. The molecule has 0 spiro atoms. The number of nitrogens with one attached hydrogen (secondary N) is 2. The fraction of sp³-hybridized carbons (Fsp3) is 0.444. The second-order valence-corrected chi connectivity index (χ2v) is 9.21. The van der Waals surface area contributed by atoms with Gasteiger partial charge in [0.05, 0.1) is 0 Å². The third-order valence-corrected chi connectivity index (χ3v) is 6.74. The van der Waals surface area contributed by atoms with Crippen LogP contribution in [-0.2, 0) is 14.3 Å². The lowest BCUT2D eigenvalue weighted by Gasteiger charge is -2.31. The minimum Gasteiger partial charge on any atom is -0.480 e. The third kappa shape index (κ3) is 5.24. The van der Waals surface area contributed by atoms with Crippen molar-refractivity contribution in [2.24, 2.45) is 5.92 Å². The Balaban J connectivity index is 1.70. The molecule has 3 unspecified atom stereocenters. The monoisotopic (exact) mass is 466 g/mol. The molecule has 1 aliphatic carbocycles. The maximum absolute atomic E-state index is 13.1. The highest BCUT2D eigenvalue weighted by Crippen LogP contribution is 2.44. The van der Waals surface area contributed by atoms with Crippen LogP contribution in [0, 0.1) is 5.92 Å². The van der Waals surface area contributed by atoms with Gasteiger partial charge in [0.2, 0.25) is 5.91 Å². The fourth-order valence-corrected chi connectivity index (χ4v) is 4.58. The van der Waals surface area contributed by atoms with E-state index in [4.69, 9.17) is 4.74 Å². The van der Waals surface area contributed by atoms with Crippen molar-refractivity contribution >= 4 is 18.0 Å². The Kier molecular flexibility index (Phi) is 7.97. The average molecular weight is 467 g/mol. The summed E-state index contributed by atoms with van der Waals surface area (Å²) in [6, 6.07) is 15.1. The minimum absolute atomic E-state index is 0.0915. The zero-order valence-corrected chi connectivity index (χ0v) is 20.3. The predicted octanol–water partition coefficient (Wildman–Crippen LogP) is 4.70. The molecule has 2 amide bonds. The van der Waals surface area contributed by atoms with Gasteiger partial charge < -0.3 is 20.5 Å².